The molecule has 136 valence electrons. The van der Waals surface area contributed by atoms with Crippen molar-refractivity contribution >= 4 is 11.8 Å². The first-order chi connectivity index (χ1) is 12.5. The highest BCUT2D eigenvalue weighted by Crippen LogP contribution is 2.30. The number of nitrogens with zero attached hydrogens (tertiary/aromatic N) is 6. The van der Waals surface area contributed by atoms with Gasteiger partial charge in [0.2, 0.25) is 11.0 Å². The van der Waals surface area contributed by atoms with Gasteiger partial charge in [0.1, 0.15) is 5.82 Å². The molecular formula is C17H19FN6OS. The van der Waals surface area contributed by atoms with Crippen LogP contribution in [-0.2, 0) is 0 Å². The van der Waals surface area contributed by atoms with E-state index in [1.165, 1.54) is 23.9 Å². The molecule has 2 aromatic heterocycles. The molecule has 0 fully saturated rings. The van der Waals surface area contributed by atoms with Gasteiger partial charge in [-0.25, -0.2) is 9.37 Å². The minimum atomic E-state index is -0.297. The molecule has 0 aliphatic carbocycles. The third-order valence-electron chi connectivity index (χ3n) is 3.89. The maximum atomic E-state index is 13.4. The molecule has 26 heavy (non-hydrogen) atoms. The molecule has 0 saturated heterocycles. The van der Waals surface area contributed by atoms with Crippen molar-refractivity contribution in [2.75, 3.05) is 21.2 Å². The van der Waals surface area contributed by atoms with Crippen molar-refractivity contribution in [2.24, 2.45) is 0 Å². The molecular weight excluding hydrogens is 355 g/mol. The van der Waals surface area contributed by atoms with Gasteiger partial charge in [0.25, 0.3) is 0 Å². The van der Waals surface area contributed by atoms with Gasteiger partial charge in [0.05, 0.1) is 13.2 Å². The van der Waals surface area contributed by atoms with E-state index in [1.54, 1.807) is 31.5 Å². The molecule has 0 aliphatic heterocycles. The second kappa shape index (κ2) is 7.79. The summed E-state index contributed by atoms with van der Waals surface area (Å²) in [5.74, 6) is 0.915. The Hall–Kier alpha value is -2.52. The fourth-order valence-electron chi connectivity index (χ4n) is 2.25. The maximum Gasteiger partial charge on any atom is 0.217 e. The molecule has 1 unspecified atom stereocenters. The summed E-state index contributed by atoms with van der Waals surface area (Å²) in [5, 5.41) is 9.73. The first kappa shape index (κ1) is 18.3. The van der Waals surface area contributed by atoms with Gasteiger partial charge in [-0.15, -0.1) is 10.2 Å². The Bertz CT molecular complexity index is 883. The van der Waals surface area contributed by atoms with E-state index in [-0.39, 0.29) is 11.9 Å². The second-order valence-electron chi connectivity index (χ2n) is 5.78. The highest BCUT2D eigenvalue weighted by atomic mass is 32.2. The normalized spacial score (nSPS) is 12.4. The first-order valence-electron chi connectivity index (χ1n) is 7.92. The molecule has 0 aliphatic rings. The number of ether oxygens (including phenoxy) is 1. The number of halogens is 1. The van der Waals surface area contributed by atoms with Gasteiger partial charge in [0, 0.05) is 18.0 Å². The molecule has 1 aromatic carbocycles. The lowest BCUT2D eigenvalue weighted by atomic mass is 10.2. The van der Waals surface area contributed by atoms with Crippen LogP contribution in [0.3, 0.4) is 0 Å². The number of methoxy groups -OCH3 is 1. The lowest BCUT2D eigenvalue weighted by Crippen LogP contribution is -2.20. The molecule has 0 saturated carbocycles. The van der Waals surface area contributed by atoms with Crippen LogP contribution >= 0.6 is 11.8 Å². The zero-order valence-electron chi connectivity index (χ0n) is 14.9. The Morgan fingerprint density at radius 1 is 1.15 bits per heavy atom. The monoisotopic (exact) mass is 374 g/mol. The van der Waals surface area contributed by atoms with Crippen LogP contribution in [-0.4, -0.2) is 50.8 Å². The summed E-state index contributed by atoms with van der Waals surface area (Å²) in [4.78, 5) is 10.6. The first-order valence-corrected chi connectivity index (χ1v) is 8.74. The highest BCUT2D eigenvalue weighted by Gasteiger charge is 2.22. The van der Waals surface area contributed by atoms with Crippen LogP contribution in [0.25, 0.3) is 5.69 Å². The van der Waals surface area contributed by atoms with Crippen molar-refractivity contribution < 1.29 is 9.13 Å². The van der Waals surface area contributed by atoms with Crippen LogP contribution in [0.15, 0.2) is 46.8 Å². The zero-order valence-corrected chi connectivity index (χ0v) is 15.7. The fraction of sp³-hybridized carbons (Fsp3) is 0.294. The van der Waals surface area contributed by atoms with E-state index in [1.807, 2.05) is 30.5 Å². The van der Waals surface area contributed by atoms with Gasteiger partial charge in [-0.1, -0.05) is 0 Å². The van der Waals surface area contributed by atoms with Crippen molar-refractivity contribution in [3.63, 3.8) is 0 Å². The summed E-state index contributed by atoms with van der Waals surface area (Å²) in [6, 6.07) is 7.90. The van der Waals surface area contributed by atoms with Crippen molar-refractivity contribution in [1.82, 2.24) is 29.6 Å². The van der Waals surface area contributed by atoms with E-state index in [2.05, 4.69) is 20.2 Å². The summed E-state index contributed by atoms with van der Waals surface area (Å²) >= 11 is 1.27. The predicted molar refractivity (Wildman–Crippen MR) is 96.1 cm³/mol. The predicted octanol–water partition coefficient (Wildman–Crippen LogP) is 2.98. The summed E-state index contributed by atoms with van der Waals surface area (Å²) in [7, 11) is 5.48. The molecule has 0 radical (unpaired) electrons. The third-order valence-corrected chi connectivity index (χ3v) is 4.72. The molecule has 0 amide bonds. The molecule has 7 nitrogen and oxygen atoms in total. The van der Waals surface area contributed by atoms with Gasteiger partial charge in [-0.3, -0.25) is 9.47 Å². The molecule has 0 bridgehead atoms. The molecule has 0 N–H and O–H groups in total. The number of benzene rings is 1. The SMILES string of the molecule is COc1ccnc(Sc2nnc(C(C)N(C)C)n2-c2ccc(F)cc2)n1. The van der Waals surface area contributed by atoms with Crippen LogP contribution in [0.2, 0.25) is 0 Å². The Morgan fingerprint density at radius 2 is 1.88 bits per heavy atom. The quantitative estimate of drug-likeness (QED) is 0.614. The number of aromatic nitrogens is 5. The van der Waals surface area contributed by atoms with Crippen LogP contribution in [0.4, 0.5) is 4.39 Å². The highest BCUT2D eigenvalue weighted by molar-refractivity contribution is 7.99. The van der Waals surface area contributed by atoms with E-state index < -0.39 is 0 Å². The van der Waals surface area contributed by atoms with Crippen LogP contribution < -0.4 is 4.74 Å². The van der Waals surface area contributed by atoms with E-state index in [9.17, 15) is 4.39 Å². The summed E-state index contributed by atoms with van der Waals surface area (Å²) in [6.45, 7) is 2.03. The Balaban J connectivity index is 2.05. The second-order valence-corrected chi connectivity index (χ2v) is 6.71. The van der Waals surface area contributed by atoms with Gasteiger partial charge >= 0.3 is 0 Å². The van der Waals surface area contributed by atoms with Gasteiger partial charge in [-0.2, -0.15) is 4.98 Å². The third kappa shape index (κ3) is 3.83. The minimum absolute atomic E-state index is 0.00753. The van der Waals surface area contributed by atoms with Gasteiger partial charge in [-0.05, 0) is 57.0 Å². The van der Waals surface area contributed by atoms with E-state index >= 15 is 0 Å². The maximum absolute atomic E-state index is 13.4. The largest absolute Gasteiger partial charge is 0.481 e. The summed E-state index contributed by atoms with van der Waals surface area (Å²) in [6.07, 6.45) is 1.62. The number of hydrogen-bond acceptors (Lipinski definition) is 7. The van der Waals surface area contributed by atoms with Gasteiger partial charge in [0.15, 0.2) is 11.0 Å². The Morgan fingerprint density at radius 3 is 2.54 bits per heavy atom. The molecule has 2 heterocycles. The molecule has 9 heteroatoms. The van der Waals surface area contributed by atoms with Gasteiger partial charge < -0.3 is 4.74 Å². The van der Waals surface area contributed by atoms with E-state index in [0.717, 1.165) is 11.5 Å². The lowest BCUT2D eigenvalue weighted by Gasteiger charge is -2.20. The number of rotatable bonds is 6. The molecule has 1 atom stereocenters. The summed E-state index contributed by atoms with van der Waals surface area (Å²) in [5.41, 5.74) is 0.769. The zero-order chi connectivity index (χ0) is 18.7. The van der Waals surface area contributed by atoms with Crippen LogP contribution in [0, 0.1) is 5.82 Å². The molecule has 0 spiro atoms. The number of hydrogen-bond donors (Lipinski definition) is 0. The van der Waals surface area contributed by atoms with Crippen molar-refractivity contribution in [1.29, 1.82) is 0 Å². The molecule has 3 aromatic rings. The lowest BCUT2D eigenvalue weighted by molar-refractivity contribution is 0.305. The molecule has 3 rings (SSSR count). The summed E-state index contributed by atoms with van der Waals surface area (Å²) < 4.78 is 20.4. The Kier molecular flexibility index (Phi) is 5.48. The Labute approximate surface area is 155 Å². The minimum Gasteiger partial charge on any atom is -0.481 e. The smallest absolute Gasteiger partial charge is 0.217 e. The van der Waals surface area contributed by atoms with Crippen LogP contribution in [0.1, 0.15) is 18.8 Å². The van der Waals surface area contributed by atoms with E-state index in [4.69, 9.17) is 4.74 Å². The van der Waals surface area contributed by atoms with Crippen LogP contribution in [0.5, 0.6) is 5.88 Å². The topological polar surface area (TPSA) is 69.0 Å². The van der Waals surface area contributed by atoms with Crippen molar-refractivity contribution in [3.8, 4) is 11.6 Å². The average molecular weight is 374 g/mol. The standard InChI is InChI=1S/C17H19FN6OS/c1-11(23(2)3)15-21-22-17(24(15)13-7-5-12(18)6-8-13)26-16-19-10-9-14(20-16)25-4/h5-11H,1-4H3. The average Bonchev–Trinajstić information content (AvgIpc) is 3.05. The van der Waals surface area contributed by atoms with E-state index in [0.29, 0.717) is 16.2 Å². The van der Waals surface area contributed by atoms with Crippen molar-refractivity contribution in [3.05, 3.63) is 48.2 Å². The van der Waals surface area contributed by atoms with Crippen molar-refractivity contribution in [2.45, 2.75) is 23.3 Å². The fourth-order valence-corrected chi connectivity index (χ4v) is 3.04.